The minimum Gasteiger partial charge on any atom is -0.467 e. The van der Waals surface area contributed by atoms with Crippen molar-refractivity contribution in [3.05, 3.63) is 52.3 Å². The number of ether oxygens (including phenoxy) is 1. The van der Waals surface area contributed by atoms with E-state index in [1.54, 1.807) is 6.07 Å². The number of aromatic nitrogens is 1. The lowest BCUT2D eigenvalue weighted by Crippen LogP contribution is -2.41. The van der Waals surface area contributed by atoms with Crippen LogP contribution in [0, 0.1) is 5.82 Å². The van der Waals surface area contributed by atoms with E-state index in [9.17, 15) is 12.8 Å². The second-order valence-electron chi connectivity index (χ2n) is 6.36. The van der Waals surface area contributed by atoms with Crippen LogP contribution in [0.4, 0.5) is 4.39 Å². The molecule has 1 aromatic heterocycles. The van der Waals surface area contributed by atoms with E-state index in [1.807, 2.05) is 12.1 Å². The van der Waals surface area contributed by atoms with Gasteiger partial charge in [0.1, 0.15) is 17.4 Å². The summed E-state index contributed by atoms with van der Waals surface area (Å²) in [4.78, 5) is 4.41. The molecule has 0 radical (unpaired) electrons. The highest BCUT2D eigenvalue weighted by Crippen LogP contribution is 2.34. The highest BCUT2D eigenvalue weighted by molar-refractivity contribution is 7.89. The van der Waals surface area contributed by atoms with Crippen molar-refractivity contribution in [2.75, 3.05) is 13.1 Å². The van der Waals surface area contributed by atoms with E-state index < -0.39 is 15.8 Å². The lowest BCUT2D eigenvalue weighted by atomic mass is 10.1. The van der Waals surface area contributed by atoms with E-state index in [-0.39, 0.29) is 16.0 Å². The minimum atomic E-state index is -3.73. The zero-order valence-corrected chi connectivity index (χ0v) is 17.6. The molecule has 0 spiro atoms. The molecule has 4 rings (SSSR count). The Balaban J connectivity index is 1.43. The Hall–Kier alpha value is -1.45. The number of hydrogen-bond acceptors (Lipinski definition) is 5. The first-order chi connectivity index (χ1) is 13.3. The quantitative estimate of drug-likeness (QED) is 0.550. The third-order valence-electron chi connectivity index (χ3n) is 4.55. The molecular weight excluding hydrogens is 446 g/mol. The smallest absolute Gasteiger partial charge is 0.274 e. The molecule has 2 heterocycles. The molecule has 1 aliphatic rings. The van der Waals surface area contributed by atoms with Crippen LogP contribution < -0.4 is 4.74 Å². The Kier molecular flexibility index (Phi) is 5.50. The van der Waals surface area contributed by atoms with Gasteiger partial charge in [-0.2, -0.15) is 4.31 Å². The highest BCUT2D eigenvalue weighted by Gasteiger charge is 2.31. The molecule has 0 unspecified atom stereocenters. The van der Waals surface area contributed by atoms with Crippen molar-refractivity contribution in [2.45, 2.75) is 23.8 Å². The Morgan fingerprint density at radius 2 is 1.89 bits per heavy atom. The number of piperidine rings is 1. The van der Waals surface area contributed by atoms with Gasteiger partial charge >= 0.3 is 0 Å². The second kappa shape index (κ2) is 7.76. The van der Waals surface area contributed by atoms with E-state index in [0.29, 0.717) is 41.7 Å². The van der Waals surface area contributed by atoms with Crippen LogP contribution in [0.1, 0.15) is 12.8 Å². The topological polar surface area (TPSA) is 59.5 Å². The maximum absolute atomic E-state index is 13.3. The molecule has 0 saturated carbocycles. The molecule has 5 nitrogen and oxygen atoms in total. The van der Waals surface area contributed by atoms with Crippen LogP contribution in [-0.2, 0) is 10.0 Å². The highest BCUT2D eigenvalue weighted by atomic mass is 35.5. The van der Waals surface area contributed by atoms with Crippen molar-refractivity contribution in [2.24, 2.45) is 0 Å². The predicted molar refractivity (Wildman–Crippen MR) is 108 cm³/mol. The molecule has 1 aliphatic heterocycles. The zero-order valence-electron chi connectivity index (χ0n) is 14.4. The molecule has 148 valence electrons. The summed E-state index contributed by atoms with van der Waals surface area (Å²) < 4.78 is 47.1. The molecular formula is C18H15Cl2FN2O3S2. The van der Waals surface area contributed by atoms with Gasteiger partial charge in [-0.15, -0.1) is 0 Å². The monoisotopic (exact) mass is 460 g/mol. The largest absolute Gasteiger partial charge is 0.467 e. The normalized spacial score (nSPS) is 16.5. The average molecular weight is 461 g/mol. The lowest BCUT2D eigenvalue weighted by molar-refractivity contribution is 0.135. The van der Waals surface area contributed by atoms with Crippen molar-refractivity contribution < 1.29 is 17.5 Å². The molecule has 0 bridgehead atoms. The number of thiazole rings is 1. The minimum absolute atomic E-state index is 0.0147. The Labute approximate surface area is 175 Å². The summed E-state index contributed by atoms with van der Waals surface area (Å²) in [7, 11) is -3.73. The van der Waals surface area contributed by atoms with Crippen LogP contribution in [0.25, 0.3) is 10.2 Å². The van der Waals surface area contributed by atoms with Gasteiger partial charge in [0.25, 0.3) is 5.19 Å². The molecule has 0 N–H and O–H groups in total. The van der Waals surface area contributed by atoms with Crippen LogP contribution >= 0.6 is 34.5 Å². The first kappa shape index (κ1) is 19.8. The van der Waals surface area contributed by atoms with Crippen LogP contribution in [0.5, 0.6) is 5.19 Å². The fourth-order valence-corrected chi connectivity index (χ4v) is 5.99. The first-order valence-electron chi connectivity index (χ1n) is 8.51. The summed E-state index contributed by atoms with van der Waals surface area (Å²) >= 11 is 13.3. The number of rotatable bonds is 4. The summed E-state index contributed by atoms with van der Waals surface area (Å²) in [6, 6.07) is 8.98. The van der Waals surface area contributed by atoms with E-state index in [0.717, 1.165) is 16.8 Å². The van der Waals surface area contributed by atoms with E-state index in [1.165, 1.54) is 21.7 Å². The van der Waals surface area contributed by atoms with Gasteiger partial charge in [0.2, 0.25) is 10.0 Å². The number of sulfonamides is 1. The third-order valence-corrected chi connectivity index (χ3v) is 7.95. The molecule has 1 fully saturated rings. The van der Waals surface area contributed by atoms with Crippen molar-refractivity contribution >= 4 is 54.8 Å². The van der Waals surface area contributed by atoms with Gasteiger partial charge in [0.05, 0.1) is 19.6 Å². The fourth-order valence-electron chi connectivity index (χ4n) is 3.06. The number of nitrogens with zero attached hydrogens (tertiary/aromatic N) is 2. The SMILES string of the molecule is O=S(=O)(c1ccc(F)c(Cl)c1)N1CCC(Oc2nc3c(Cl)cccc3s2)CC1. The molecule has 1 saturated heterocycles. The van der Waals surface area contributed by atoms with Crippen LogP contribution in [0.3, 0.4) is 0 Å². The molecule has 0 aliphatic carbocycles. The predicted octanol–water partition coefficient (Wildman–Crippen LogP) is 4.97. The number of benzene rings is 2. The second-order valence-corrected chi connectivity index (χ2v) is 10.1. The number of halogens is 3. The molecule has 10 heteroatoms. The zero-order chi connectivity index (χ0) is 19.9. The summed E-state index contributed by atoms with van der Waals surface area (Å²) in [5, 5.41) is 0.881. The number of para-hydroxylation sites is 1. The van der Waals surface area contributed by atoms with Crippen molar-refractivity contribution in [1.29, 1.82) is 0 Å². The molecule has 0 atom stereocenters. The van der Waals surface area contributed by atoms with E-state index >= 15 is 0 Å². The van der Waals surface area contributed by atoms with Gasteiger partial charge in [-0.3, -0.25) is 0 Å². The summed E-state index contributed by atoms with van der Waals surface area (Å²) in [6.45, 7) is 0.599. The number of fused-ring (bicyclic) bond motifs is 1. The molecule has 28 heavy (non-hydrogen) atoms. The van der Waals surface area contributed by atoms with Crippen LogP contribution in [-0.4, -0.2) is 36.9 Å². The van der Waals surface area contributed by atoms with Crippen LogP contribution in [0.2, 0.25) is 10.0 Å². The van der Waals surface area contributed by atoms with E-state index in [2.05, 4.69) is 4.98 Å². The van der Waals surface area contributed by atoms with Crippen molar-refractivity contribution in [3.63, 3.8) is 0 Å². The first-order valence-corrected chi connectivity index (χ1v) is 11.5. The third kappa shape index (κ3) is 3.84. The van der Waals surface area contributed by atoms with Gasteiger partial charge in [-0.05, 0) is 43.2 Å². The van der Waals surface area contributed by atoms with Gasteiger partial charge in [0.15, 0.2) is 0 Å². The standard InChI is InChI=1S/C18H15Cl2FN2O3S2/c19-13-2-1-3-16-17(13)22-18(27-16)26-11-6-8-23(9-7-11)28(24,25)12-4-5-15(21)14(20)10-12/h1-5,10-11H,6-9H2. The lowest BCUT2D eigenvalue weighted by Gasteiger charge is -2.30. The van der Waals surface area contributed by atoms with Crippen molar-refractivity contribution in [3.8, 4) is 5.19 Å². The molecule has 3 aromatic rings. The van der Waals surface area contributed by atoms with Gasteiger partial charge < -0.3 is 4.74 Å². The molecule has 0 amide bonds. The maximum atomic E-state index is 13.3. The maximum Gasteiger partial charge on any atom is 0.274 e. The van der Waals surface area contributed by atoms with Gasteiger partial charge in [0, 0.05) is 13.1 Å². The Morgan fingerprint density at radius 3 is 2.57 bits per heavy atom. The summed E-state index contributed by atoms with van der Waals surface area (Å²) in [6.07, 6.45) is 0.915. The average Bonchev–Trinajstić information content (AvgIpc) is 3.08. The van der Waals surface area contributed by atoms with E-state index in [4.69, 9.17) is 27.9 Å². The van der Waals surface area contributed by atoms with Crippen LogP contribution in [0.15, 0.2) is 41.3 Å². The summed E-state index contributed by atoms with van der Waals surface area (Å²) in [5.41, 5.74) is 0.706. The fraction of sp³-hybridized carbons (Fsp3) is 0.278. The van der Waals surface area contributed by atoms with Gasteiger partial charge in [-0.25, -0.2) is 17.8 Å². The van der Waals surface area contributed by atoms with Gasteiger partial charge in [-0.1, -0.05) is 40.6 Å². The summed E-state index contributed by atoms with van der Waals surface area (Å²) in [5.74, 6) is -0.649. The Morgan fingerprint density at radius 1 is 1.14 bits per heavy atom. The molecule has 2 aromatic carbocycles. The van der Waals surface area contributed by atoms with Crippen molar-refractivity contribution in [1.82, 2.24) is 9.29 Å². The Bertz CT molecular complexity index is 1130. The number of hydrogen-bond donors (Lipinski definition) is 0.